The van der Waals surface area contributed by atoms with E-state index >= 15 is 0 Å². The molecular weight excluding hydrogens is 394 g/mol. The van der Waals surface area contributed by atoms with Crippen LogP contribution in [0.2, 0.25) is 0 Å². The first-order valence-corrected chi connectivity index (χ1v) is 9.64. The third-order valence-electron chi connectivity index (χ3n) is 3.94. The summed E-state index contributed by atoms with van der Waals surface area (Å²) in [5.74, 6) is -0.125. The van der Waals surface area contributed by atoms with Crippen molar-refractivity contribution >= 4 is 40.6 Å². The number of imide groups is 1. The van der Waals surface area contributed by atoms with E-state index in [-0.39, 0.29) is 18.5 Å². The van der Waals surface area contributed by atoms with Crippen LogP contribution >= 0.6 is 11.8 Å². The first-order valence-electron chi connectivity index (χ1n) is 8.83. The minimum absolute atomic E-state index is 0.261. The van der Waals surface area contributed by atoms with Gasteiger partial charge in [0.05, 0.1) is 24.3 Å². The molecule has 1 saturated heterocycles. The Bertz CT molecular complexity index is 957. The lowest BCUT2D eigenvalue weighted by atomic mass is 10.2. The smallest absolute Gasteiger partial charge is 0.344 e. The first kappa shape index (κ1) is 20.5. The zero-order chi connectivity index (χ0) is 20.8. The van der Waals surface area contributed by atoms with Gasteiger partial charge in [0.25, 0.3) is 11.1 Å². The molecule has 1 aliphatic rings. The average Bonchev–Trinajstić information content (AvgIpc) is 3.00. The van der Waals surface area contributed by atoms with Crippen molar-refractivity contribution in [3.63, 3.8) is 0 Å². The van der Waals surface area contributed by atoms with E-state index in [1.54, 1.807) is 55.5 Å². The Morgan fingerprint density at radius 3 is 2.55 bits per heavy atom. The molecule has 2 amide bonds. The third-order valence-corrected chi connectivity index (χ3v) is 4.81. The van der Waals surface area contributed by atoms with Crippen molar-refractivity contribution in [2.75, 3.05) is 25.2 Å². The number of benzene rings is 2. The molecule has 7 nitrogen and oxygen atoms in total. The molecule has 0 N–H and O–H groups in total. The molecule has 150 valence electrons. The van der Waals surface area contributed by atoms with Crippen molar-refractivity contribution in [3.8, 4) is 11.5 Å². The van der Waals surface area contributed by atoms with Gasteiger partial charge in [-0.15, -0.1) is 0 Å². The molecule has 3 rings (SSSR count). The highest BCUT2D eigenvalue weighted by Gasteiger charge is 2.36. The summed E-state index contributed by atoms with van der Waals surface area (Å²) in [5.41, 5.74) is 1.15. The van der Waals surface area contributed by atoms with Gasteiger partial charge in [-0.05, 0) is 54.6 Å². The van der Waals surface area contributed by atoms with Gasteiger partial charge < -0.3 is 14.2 Å². The second-order valence-electron chi connectivity index (χ2n) is 5.86. The molecule has 0 bridgehead atoms. The maximum absolute atomic E-state index is 12.7. The number of para-hydroxylation sites is 1. The van der Waals surface area contributed by atoms with E-state index < -0.39 is 11.9 Å². The number of hydrogen-bond acceptors (Lipinski definition) is 7. The van der Waals surface area contributed by atoms with Crippen molar-refractivity contribution < 1.29 is 28.6 Å². The van der Waals surface area contributed by atoms with Gasteiger partial charge in [0.2, 0.25) is 0 Å². The number of thioether (sulfide) groups is 1. The quantitative estimate of drug-likeness (QED) is 0.503. The number of amides is 2. The molecular formula is C21H19NO6S. The minimum Gasteiger partial charge on any atom is -0.493 e. The van der Waals surface area contributed by atoms with Crippen LogP contribution in [-0.4, -0.2) is 37.4 Å². The first-order chi connectivity index (χ1) is 14.0. The second-order valence-corrected chi connectivity index (χ2v) is 6.85. The lowest BCUT2D eigenvalue weighted by Crippen LogP contribution is -2.27. The molecule has 0 radical (unpaired) electrons. The van der Waals surface area contributed by atoms with E-state index in [1.807, 2.05) is 6.07 Å². The number of carbonyl (C=O) groups excluding carboxylic acids is 3. The van der Waals surface area contributed by atoms with E-state index in [0.29, 0.717) is 27.7 Å². The molecule has 29 heavy (non-hydrogen) atoms. The maximum atomic E-state index is 12.7. The van der Waals surface area contributed by atoms with Crippen LogP contribution < -0.4 is 14.4 Å². The van der Waals surface area contributed by atoms with Crippen LogP contribution in [0, 0.1) is 0 Å². The summed E-state index contributed by atoms with van der Waals surface area (Å²) in [4.78, 5) is 38.0. The van der Waals surface area contributed by atoms with Crippen LogP contribution in [0.4, 0.5) is 10.5 Å². The summed E-state index contributed by atoms with van der Waals surface area (Å²) in [6.45, 7) is 1.70. The van der Waals surface area contributed by atoms with Crippen molar-refractivity contribution in [1.29, 1.82) is 0 Å². The highest BCUT2D eigenvalue weighted by Crippen LogP contribution is 2.36. The fourth-order valence-electron chi connectivity index (χ4n) is 2.65. The molecule has 0 spiro atoms. The summed E-state index contributed by atoms with van der Waals surface area (Å²) in [6.07, 6.45) is 1.60. The molecule has 2 aromatic rings. The standard InChI is InChI=1S/C21H19NO6S/c1-3-27-19(23)13-28-17-11-14(9-10-16(17)26-2)12-18-20(24)22(21(25)29-18)15-7-5-4-6-8-15/h4-12H,3,13H2,1-2H3/b18-12+. The predicted molar refractivity (Wildman–Crippen MR) is 110 cm³/mol. The van der Waals surface area contributed by atoms with E-state index in [2.05, 4.69) is 0 Å². The zero-order valence-corrected chi connectivity index (χ0v) is 16.7. The van der Waals surface area contributed by atoms with Crippen LogP contribution in [0.5, 0.6) is 11.5 Å². The molecule has 0 aliphatic carbocycles. The normalized spacial score (nSPS) is 15.0. The van der Waals surface area contributed by atoms with Gasteiger partial charge in [0.15, 0.2) is 18.1 Å². The summed E-state index contributed by atoms with van der Waals surface area (Å²) < 4.78 is 15.6. The van der Waals surface area contributed by atoms with E-state index in [9.17, 15) is 14.4 Å². The van der Waals surface area contributed by atoms with E-state index in [0.717, 1.165) is 16.7 Å². The number of carbonyl (C=O) groups is 3. The molecule has 1 aliphatic heterocycles. The van der Waals surface area contributed by atoms with Gasteiger partial charge in [-0.1, -0.05) is 24.3 Å². The monoisotopic (exact) mass is 413 g/mol. The van der Waals surface area contributed by atoms with Crippen molar-refractivity contribution in [3.05, 3.63) is 59.0 Å². The van der Waals surface area contributed by atoms with Gasteiger partial charge >= 0.3 is 5.97 Å². The number of ether oxygens (including phenoxy) is 3. The molecule has 2 aromatic carbocycles. The van der Waals surface area contributed by atoms with Crippen molar-refractivity contribution in [2.45, 2.75) is 6.92 Å². The van der Waals surface area contributed by atoms with Gasteiger partial charge in [0, 0.05) is 0 Å². The average molecular weight is 413 g/mol. The fraction of sp³-hybridized carbons (Fsp3) is 0.190. The Morgan fingerprint density at radius 2 is 1.86 bits per heavy atom. The molecule has 0 atom stereocenters. The number of anilines is 1. The van der Waals surface area contributed by atoms with Crippen LogP contribution in [0.1, 0.15) is 12.5 Å². The van der Waals surface area contributed by atoms with Crippen LogP contribution in [-0.2, 0) is 14.3 Å². The molecule has 0 unspecified atom stereocenters. The molecule has 1 heterocycles. The summed E-state index contributed by atoms with van der Waals surface area (Å²) in [6, 6.07) is 13.8. The Kier molecular flexibility index (Phi) is 6.56. The second kappa shape index (κ2) is 9.29. The maximum Gasteiger partial charge on any atom is 0.344 e. The van der Waals surface area contributed by atoms with Gasteiger partial charge in [-0.25, -0.2) is 9.69 Å². The van der Waals surface area contributed by atoms with Crippen molar-refractivity contribution in [1.82, 2.24) is 0 Å². The Morgan fingerprint density at radius 1 is 1.10 bits per heavy atom. The lowest BCUT2D eigenvalue weighted by molar-refractivity contribution is -0.145. The van der Waals surface area contributed by atoms with Gasteiger partial charge in [0.1, 0.15) is 0 Å². The van der Waals surface area contributed by atoms with E-state index in [1.165, 1.54) is 7.11 Å². The summed E-state index contributed by atoms with van der Waals surface area (Å²) in [5, 5.41) is -0.361. The Labute approximate surface area is 172 Å². The third kappa shape index (κ3) is 4.78. The molecule has 1 fully saturated rings. The Balaban J connectivity index is 1.82. The number of rotatable bonds is 7. The fourth-order valence-corrected chi connectivity index (χ4v) is 3.50. The number of esters is 1. The van der Waals surface area contributed by atoms with Gasteiger partial charge in [-0.3, -0.25) is 9.59 Å². The summed E-state index contributed by atoms with van der Waals surface area (Å²) >= 11 is 0.864. The topological polar surface area (TPSA) is 82.1 Å². The largest absolute Gasteiger partial charge is 0.493 e. The lowest BCUT2D eigenvalue weighted by Gasteiger charge is -2.12. The Hall–Kier alpha value is -3.26. The zero-order valence-electron chi connectivity index (χ0n) is 15.9. The van der Waals surface area contributed by atoms with Gasteiger partial charge in [-0.2, -0.15) is 0 Å². The van der Waals surface area contributed by atoms with Crippen LogP contribution in [0.25, 0.3) is 6.08 Å². The molecule has 0 aromatic heterocycles. The predicted octanol–water partition coefficient (Wildman–Crippen LogP) is 3.88. The number of methoxy groups -OCH3 is 1. The van der Waals surface area contributed by atoms with Crippen LogP contribution in [0.15, 0.2) is 53.4 Å². The minimum atomic E-state index is -0.496. The summed E-state index contributed by atoms with van der Waals surface area (Å²) in [7, 11) is 1.48. The van der Waals surface area contributed by atoms with Crippen molar-refractivity contribution in [2.24, 2.45) is 0 Å². The van der Waals surface area contributed by atoms with E-state index in [4.69, 9.17) is 14.2 Å². The molecule has 0 saturated carbocycles. The number of hydrogen-bond donors (Lipinski definition) is 0. The highest BCUT2D eigenvalue weighted by atomic mass is 32.2. The molecule has 8 heteroatoms. The highest BCUT2D eigenvalue weighted by molar-refractivity contribution is 8.19. The number of nitrogens with zero attached hydrogens (tertiary/aromatic N) is 1. The SMILES string of the molecule is CCOC(=O)COc1cc(/C=C2/SC(=O)N(c3ccccc3)C2=O)ccc1OC. The van der Waals surface area contributed by atoms with Crippen LogP contribution in [0.3, 0.4) is 0 Å².